The van der Waals surface area contributed by atoms with Crippen molar-refractivity contribution in [3.8, 4) is 0 Å². The van der Waals surface area contributed by atoms with Crippen LogP contribution in [0.1, 0.15) is 41.5 Å². The van der Waals surface area contributed by atoms with Gasteiger partial charge in [-0.05, 0) is 54.2 Å². The monoisotopic (exact) mass is 289 g/mol. The molecule has 1 aliphatic carbocycles. The average molecular weight is 289 g/mol. The van der Waals surface area contributed by atoms with Gasteiger partial charge in [-0.15, -0.1) is 0 Å². The first-order valence-corrected chi connectivity index (χ1v) is 7.88. The number of nitrogens with zero attached hydrogens (tertiary/aromatic N) is 1. The Balaban J connectivity index is 2.09. The van der Waals surface area contributed by atoms with E-state index in [9.17, 15) is 0 Å². The maximum Gasteiger partial charge on any atom is 0.0827 e. The van der Waals surface area contributed by atoms with Gasteiger partial charge in [0.15, 0.2) is 0 Å². The fourth-order valence-corrected chi connectivity index (χ4v) is 3.35. The van der Waals surface area contributed by atoms with E-state index < -0.39 is 0 Å². The first-order chi connectivity index (χ1) is 10.5. The van der Waals surface area contributed by atoms with Crippen LogP contribution in [-0.2, 0) is 0 Å². The lowest BCUT2D eigenvalue weighted by Crippen LogP contribution is -2.15. The van der Waals surface area contributed by atoms with E-state index in [0.29, 0.717) is 5.92 Å². The van der Waals surface area contributed by atoms with Crippen LogP contribution in [0.3, 0.4) is 0 Å². The van der Waals surface area contributed by atoms with E-state index in [1.807, 2.05) is 6.08 Å². The van der Waals surface area contributed by atoms with Crippen LogP contribution in [0.15, 0.2) is 65.7 Å². The smallest absolute Gasteiger partial charge is 0.0827 e. The molecule has 1 aromatic carbocycles. The Morgan fingerprint density at radius 3 is 2.68 bits per heavy atom. The van der Waals surface area contributed by atoms with Gasteiger partial charge in [0.05, 0.1) is 11.8 Å². The zero-order valence-corrected chi connectivity index (χ0v) is 13.7. The Morgan fingerprint density at radius 1 is 1.27 bits per heavy atom. The van der Waals surface area contributed by atoms with Gasteiger partial charge < -0.3 is 0 Å². The zero-order valence-electron chi connectivity index (χ0n) is 13.7. The summed E-state index contributed by atoms with van der Waals surface area (Å²) in [7, 11) is 0. The minimum atomic E-state index is 0.239. The van der Waals surface area contributed by atoms with Crippen LogP contribution in [0.4, 0.5) is 0 Å². The number of rotatable bonds is 4. The minimum absolute atomic E-state index is 0.239. The Bertz CT molecular complexity index is 758. The lowest BCUT2D eigenvalue weighted by atomic mass is 9.86. The Labute approximate surface area is 133 Å². The normalized spacial score (nSPS) is 22.1. The molecule has 22 heavy (non-hydrogen) atoms. The van der Waals surface area contributed by atoms with Crippen molar-refractivity contribution in [2.24, 2.45) is 4.99 Å². The van der Waals surface area contributed by atoms with Gasteiger partial charge in [0.1, 0.15) is 0 Å². The molecule has 0 aromatic heterocycles. The summed E-state index contributed by atoms with van der Waals surface area (Å²) in [6.45, 7) is 19.0. The maximum atomic E-state index is 4.91. The molecule has 0 spiro atoms. The van der Waals surface area contributed by atoms with Crippen LogP contribution in [0.2, 0.25) is 0 Å². The molecule has 1 heterocycles. The minimum Gasteiger partial charge on any atom is -0.275 e. The molecule has 1 nitrogen and oxygen atoms in total. The van der Waals surface area contributed by atoms with Gasteiger partial charge in [-0.25, -0.2) is 0 Å². The van der Waals surface area contributed by atoms with Crippen LogP contribution in [0.5, 0.6) is 0 Å². The second kappa shape index (κ2) is 5.24. The third-order valence-corrected chi connectivity index (χ3v) is 4.58. The molecule has 0 radical (unpaired) electrons. The van der Waals surface area contributed by atoms with Gasteiger partial charge in [0.25, 0.3) is 0 Å². The molecule has 0 N–H and O–H groups in total. The molecule has 1 aromatic rings. The Morgan fingerprint density at radius 2 is 2.00 bits per heavy atom. The molecule has 1 heteroatoms. The molecule has 2 unspecified atom stereocenters. The molecule has 1 aliphatic heterocycles. The van der Waals surface area contributed by atoms with E-state index in [-0.39, 0.29) is 6.04 Å². The molecule has 0 bridgehead atoms. The highest BCUT2D eigenvalue weighted by molar-refractivity contribution is 6.17. The molecule has 1 fully saturated rings. The second-order valence-corrected chi connectivity index (χ2v) is 6.33. The molecular weight excluding hydrogens is 266 g/mol. The number of hydrogen-bond donors (Lipinski definition) is 0. The molecule has 2 atom stereocenters. The van der Waals surface area contributed by atoms with Crippen molar-refractivity contribution < 1.29 is 0 Å². The summed E-state index contributed by atoms with van der Waals surface area (Å²) in [6.07, 6.45) is 5.15. The fraction of sp³-hybridized carbons (Fsp3) is 0.286. The van der Waals surface area contributed by atoms with Gasteiger partial charge >= 0.3 is 0 Å². The van der Waals surface area contributed by atoms with E-state index >= 15 is 0 Å². The van der Waals surface area contributed by atoms with Gasteiger partial charge in [-0.2, -0.15) is 0 Å². The standard InChI is InChI=1S/C21H23N/c1-7-8-9-13(3)15(5)20-17-11-12(2)10-14(4)18(17)19-16(6)21(19)22-20/h8-11,19,21H,3,5-7H2,1-2,4H3/b9-8-. The van der Waals surface area contributed by atoms with Crippen molar-refractivity contribution in [1.29, 1.82) is 0 Å². The highest BCUT2D eigenvalue weighted by Gasteiger charge is 2.48. The molecule has 1 saturated carbocycles. The second-order valence-electron chi connectivity index (χ2n) is 6.33. The summed E-state index contributed by atoms with van der Waals surface area (Å²) < 4.78 is 0. The number of hydrogen-bond acceptors (Lipinski definition) is 1. The van der Waals surface area contributed by atoms with Gasteiger partial charge in [0, 0.05) is 11.5 Å². The maximum absolute atomic E-state index is 4.91. The summed E-state index contributed by atoms with van der Waals surface area (Å²) in [4.78, 5) is 4.91. The van der Waals surface area contributed by atoms with Crippen LogP contribution >= 0.6 is 0 Å². The lowest BCUT2D eigenvalue weighted by molar-refractivity contribution is 0.952. The first-order valence-electron chi connectivity index (χ1n) is 7.88. The van der Waals surface area contributed by atoms with Crippen molar-refractivity contribution in [2.45, 2.75) is 39.2 Å². The van der Waals surface area contributed by atoms with Crippen molar-refractivity contribution in [3.63, 3.8) is 0 Å². The van der Waals surface area contributed by atoms with E-state index in [1.165, 1.54) is 27.8 Å². The summed E-state index contributed by atoms with van der Waals surface area (Å²) >= 11 is 0. The zero-order chi connectivity index (χ0) is 16.0. The van der Waals surface area contributed by atoms with Crippen LogP contribution in [-0.4, -0.2) is 11.8 Å². The van der Waals surface area contributed by atoms with Gasteiger partial charge in [-0.1, -0.05) is 50.4 Å². The third kappa shape index (κ3) is 2.21. The summed E-state index contributed by atoms with van der Waals surface area (Å²) in [5, 5.41) is 0. The van der Waals surface area contributed by atoms with Crippen molar-refractivity contribution in [3.05, 3.63) is 83.0 Å². The summed E-state index contributed by atoms with van der Waals surface area (Å²) in [5.41, 5.74) is 9.28. The van der Waals surface area contributed by atoms with Crippen molar-refractivity contribution >= 4 is 5.71 Å². The van der Waals surface area contributed by atoms with E-state index in [0.717, 1.165) is 23.3 Å². The highest BCUT2D eigenvalue weighted by atomic mass is 14.9. The highest BCUT2D eigenvalue weighted by Crippen LogP contribution is 2.54. The number of aliphatic imine (C=N–C) groups is 1. The van der Waals surface area contributed by atoms with Crippen LogP contribution < -0.4 is 0 Å². The van der Waals surface area contributed by atoms with Gasteiger partial charge in [0.2, 0.25) is 0 Å². The predicted molar refractivity (Wildman–Crippen MR) is 95.8 cm³/mol. The number of benzene rings is 1. The predicted octanol–water partition coefficient (Wildman–Crippen LogP) is 5.21. The topological polar surface area (TPSA) is 12.4 Å². The lowest BCUT2D eigenvalue weighted by Gasteiger charge is -2.21. The quantitative estimate of drug-likeness (QED) is 0.533. The molecular formula is C21H23N. The molecule has 0 amide bonds. The van der Waals surface area contributed by atoms with E-state index in [1.54, 1.807) is 0 Å². The molecule has 3 rings (SSSR count). The fourth-order valence-electron chi connectivity index (χ4n) is 3.35. The van der Waals surface area contributed by atoms with Crippen LogP contribution in [0.25, 0.3) is 0 Å². The van der Waals surface area contributed by atoms with E-state index in [4.69, 9.17) is 4.99 Å². The van der Waals surface area contributed by atoms with Crippen LogP contribution in [0, 0.1) is 13.8 Å². The van der Waals surface area contributed by atoms with E-state index in [2.05, 4.69) is 58.7 Å². The number of allylic oxidation sites excluding steroid dienone is 4. The SMILES string of the molecule is C=C(/C=C\CC)C(=C)C1=NC2C(=C)C2c2c(C)cc(C)cc21. The largest absolute Gasteiger partial charge is 0.275 e. The van der Waals surface area contributed by atoms with Crippen molar-refractivity contribution in [1.82, 2.24) is 0 Å². The third-order valence-electron chi connectivity index (χ3n) is 4.58. The number of fused-ring (bicyclic) bond motifs is 3. The molecule has 0 saturated heterocycles. The summed E-state index contributed by atoms with van der Waals surface area (Å²) in [5.74, 6) is 0.409. The van der Waals surface area contributed by atoms with Crippen molar-refractivity contribution in [2.75, 3.05) is 0 Å². The first kappa shape index (κ1) is 14.8. The Hall–Kier alpha value is -2.15. The Kier molecular flexibility index (Phi) is 3.52. The number of aryl methyl sites for hydroxylation is 2. The summed E-state index contributed by atoms with van der Waals surface area (Å²) in [6, 6.07) is 4.72. The average Bonchev–Trinajstić information content (AvgIpc) is 3.12. The molecule has 2 aliphatic rings. The van der Waals surface area contributed by atoms with Gasteiger partial charge in [-0.3, -0.25) is 4.99 Å². The molecule has 112 valence electrons.